The number of hydrogen-bond donors (Lipinski definition) is 0. The molecule has 0 heterocycles. The lowest BCUT2D eigenvalue weighted by atomic mass is 10.2. The van der Waals surface area contributed by atoms with E-state index in [9.17, 15) is 8.42 Å². The van der Waals surface area contributed by atoms with Crippen LogP contribution in [0.4, 0.5) is 0 Å². The normalized spacial score (nSPS) is 13.2. The van der Waals surface area contributed by atoms with E-state index in [1.807, 2.05) is 0 Å². The summed E-state index contributed by atoms with van der Waals surface area (Å²) in [4.78, 5) is 0.337. The van der Waals surface area contributed by atoms with Gasteiger partial charge in [-0.1, -0.05) is 41.9 Å². The van der Waals surface area contributed by atoms with E-state index in [1.165, 1.54) is 11.8 Å². The van der Waals surface area contributed by atoms with Crippen molar-refractivity contribution in [3.63, 3.8) is 0 Å². The zero-order chi connectivity index (χ0) is 13.9. The van der Waals surface area contributed by atoms with Crippen LogP contribution in [-0.4, -0.2) is 14.7 Å². The topological polar surface area (TPSA) is 34.1 Å². The molecule has 5 heteroatoms. The molecule has 0 aromatic heterocycles. The highest BCUT2D eigenvalue weighted by Gasteiger charge is 2.28. The summed E-state index contributed by atoms with van der Waals surface area (Å²) in [6, 6.07) is 15.4. The summed E-state index contributed by atoms with van der Waals surface area (Å²) >= 11 is 7.13. The molecule has 0 aliphatic heterocycles. The van der Waals surface area contributed by atoms with Gasteiger partial charge in [0.15, 0.2) is 9.84 Å². The maximum absolute atomic E-state index is 12.6. The van der Waals surface area contributed by atoms with Gasteiger partial charge in [0.25, 0.3) is 0 Å². The minimum atomic E-state index is -3.40. The van der Waals surface area contributed by atoms with E-state index >= 15 is 0 Å². The summed E-state index contributed by atoms with van der Waals surface area (Å²) in [5.41, 5.74) is 0.737. The molecule has 2 aromatic rings. The number of thioether (sulfide) groups is 1. The minimum absolute atomic E-state index is 0.337. The molecule has 100 valence electrons. The van der Waals surface area contributed by atoms with Gasteiger partial charge in [0.05, 0.1) is 4.90 Å². The van der Waals surface area contributed by atoms with Crippen LogP contribution in [-0.2, 0) is 9.84 Å². The Kier molecular flexibility index (Phi) is 4.55. The second-order valence-corrected chi connectivity index (χ2v) is 7.69. The van der Waals surface area contributed by atoms with Crippen molar-refractivity contribution in [1.29, 1.82) is 0 Å². The van der Waals surface area contributed by atoms with Crippen molar-refractivity contribution >= 4 is 33.2 Å². The van der Waals surface area contributed by atoms with E-state index in [-0.39, 0.29) is 0 Å². The molecule has 0 spiro atoms. The lowest BCUT2D eigenvalue weighted by Crippen LogP contribution is -2.10. The summed E-state index contributed by atoms with van der Waals surface area (Å²) in [7, 11) is -3.40. The number of benzene rings is 2. The quantitative estimate of drug-likeness (QED) is 0.849. The second kappa shape index (κ2) is 5.99. The maximum atomic E-state index is 12.6. The van der Waals surface area contributed by atoms with Gasteiger partial charge in [0.1, 0.15) is 4.58 Å². The lowest BCUT2D eigenvalue weighted by Gasteiger charge is -2.16. The molecular formula is C14H13ClO2S2. The third-order valence-corrected chi connectivity index (χ3v) is 6.76. The van der Waals surface area contributed by atoms with Crippen molar-refractivity contribution in [3.05, 3.63) is 65.2 Å². The zero-order valence-electron chi connectivity index (χ0n) is 10.3. The Morgan fingerprint density at radius 2 is 1.58 bits per heavy atom. The summed E-state index contributed by atoms with van der Waals surface area (Å²) in [5, 5.41) is 0.598. The summed E-state index contributed by atoms with van der Waals surface area (Å²) in [5.74, 6) is 0. The van der Waals surface area contributed by atoms with E-state index in [2.05, 4.69) is 0 Å². The van der Waals surface area contributed by atoms with Gasteiger partial charge in [-0.3, -0.25) is 0 Å². The van der Waals surface area contributed by atoms with Crippen LogP contribution in [0.3, 0.4) is 0 Å². The number of hydrogen-bond acceptors (Lipinski definition) is 3. The van der Waals surface area contributed by atoms with Crippen LogP contribution >= 0.6 is 23.4 Å². The fourth-order valence-corrected chi connectivity index (χ4v) is 5.00. The van der Waals surface area contributed by atoms with Gasteiger partial charge in [-0.05, 0) is 36.1 Å². The average Bonchev–Trinajstić information content (AvgIpc) is 2.42. The molecule has 1 unspecified atom stereocenters. The Morgan fingerprint density at radius 1 is 1.00 bits per heavy atom. The molecule has 19 heavy (non-hydrogen) atoms. The predicted octanol–water partition coefficient (Wildman–Crippen LogP) is 4.18. The van der Waals surface area contributed by atoms with E-state index < -0.39 is 14.4 Å². The van der Waals surface area contributed by atoms with Crippen LogP contribution in [0.25, 0.3) is 0 Å². The Morgan fingerprint density at radius 3 is 2.11 bits per heavy atom. The van der Waals surface area contributed by atoms with Gasteiger partial charge in [-0.25, -0.2) is 8.42 Å². The fraction of sp³-hybridized carbons (Fsp3) is 0.143. The molecule has 0 N–H and O–H groups in total. The van der Waals surface area contributed by atoms with Crippen molar-refractivity contribution in [2.24, 2.45) is 0 Å². The van der Waals surface area contributed by atoms with Crippen LogP contribution in [0.2, 0.25) is 5.02 Å². The molecule has 0 amide bonds. The molecule has 0 bridgehead atoms. The van der Waals surface area contributed by atoms with Crippen LogP contribution < -0.4 is 0 Å². The first-order chi connectivity index (χ1) is 9.05. The summed E-state index contributed by atoms with van der Waals surface area (Å²) in [6.45, 7) is 0. The van der Waals surface area contributed by atoms with Gasteiger partial charge in [-0.2, -0.15) is 0 Å². The smallest absolute Gasteiger partial charge is 0.194 e. The molecule has 0 saturated carbocycles. The second-order valence-electron chi connectivity index (χ2n) is 3.98. The van der Waals surface area contributed by atoms with Gasteiger partial charge in [0, 0.05) is 5.02 Å². The van der Waals surface area contributed by atoms with Gasteiger partial charge < -0.3 is 0 Å². The van der Waals surface area contributed by atoms with E-state index in [1.54, 1.807) is 60.9 Å². The van der Waals surface area contributed by atoms with E-state index in [4.69, 9.17) is 11.6 Å². The standard InChI is InChI=1S/C14H13ClO2S2/c1-18-14(11-7-9-12(15)10-8-11)19(16,17)13-5-3-2-4-6-13/h2-10,14H,1H3. The largest absolute Gasteiger partial charge is 0.222 e. The van der Waals surface area contributed by atoms with Gasteiger partial charge >= 0.3 is 0 Å². The maximum Gasteiger partial charge on any atom is 0.194 e. The molecule has 2 rings (SSSR count). The van der Waals surface area contributed by atoms with Crippen LogP contribution in [0.1, 0.15) is 10.1 Å². The molecular weight excluding hydrogens is 300 g/mol. The van der Waals surface area contributed by atoms with Crippen LogP contribution in [0.15, 0.2) is 59.5 Å². The molecule has 0 aliphatic rings. The number of halogens is 1. The summed E-state index contributed by atoms with van der Waals surface area (Å²) in [6.07, 6.45) is 1.79. The van der Waals surface area contributed by atoms with E-state index in [0.717, 1.165) is 5.56 Å². The fourth-order valence-electron chi connectivity index (χ4n) is 1.80. The predicted molar refractivity (Wildman–Crippen MR) is 81.3 cm³/mol. The first kappa shape index (κ1) is 14.4. The summed E-state index contributed by atoms with van der Waals surface area (Å²) < 4.78 is 24.6. The van der Waals surface area contributed by atoms with Gasteiger partial charge in [0.2, 0.25) is 0 Å². The number of rotatable bonds is 4. The van der Waals surface area contributed by atoms with Crippen molar-refractivity contribution in [3.8, 4) is 0 Å². The third kappa shape index (κ3) is 3.14. The molecule has 0 aliphatic carbocycles. The lowest BCUT2D eigenvalue weighted by molar-refractivity contribution is 0.594. The highest BCUT2D eigenvalue weighted by atomic mass is 35.5. The Hall–Kier alpha value is -0.970. The van der Waals surface area contributed by atoms with Gasteiger partial charge in [-0.15, -0.1) is 11.8 Å². The minimum Gasteiger partial charge on any atom is -0.222 e. The zero-order valence-corrected chi connectivity index (χ0v) is 12.7. The average molecular weight is 313 g/mol. The van der Waals surface area contributed by atoms with Crippen molar-refractivity contribution in [2.45, 2.75) is 9.48 Å². The monoisotopic (exact) mass is 312 g/mol. The van der Waals surface area contributed by atoms with Crippen molar-refractivity contribution in [1.82, 2.24) is 0 Å². The molecule has 0 fully saturated rings. The van der Waals surface area contributed by atoms with Crippen LogP contribution in [0, 0.1) is 0 Å². The Bertz CT molecular complexity index is 637. The van der Waals surface area contributed by atoms with Crippen molar-refractivity contribution < 1.29 is 8.42 Å². The molecule has 2 nitrogen and oxygen atoms in total. The first-order valence-electron chi connectivity index (χ1n) is 5.63. The van der Waals surface area contributed by atoms with Crippen LogP contribution in [0.5, 0.6) is 0 Å². The Labute approximate surface area is 122 Å². The highest BCUT2D eigenvalue weighted by molar-refractivity contribution is 8.12. The molecule has 0 saturated heterocycles. The third-order valence-electron chi connectivity index (χ3n) is 2.71. The van der Waals surface area contributed by atoms with Crippen molar-refractivity contribution in [2.75, 3.05) is 6.26 Å². The SMILES string of the molecule is CSC(c1ccc(Cl)cc1)S(=O)(=O)c1ccccc1. The molecule has 2 aromatic carbocycles. The highest BCUT2D eigenvalue weighted by Crippen LogP contribution is 2.37. The molecule has 1 atom stereocenters. The number of sulfone groups is 1. The Balaban J connectivity index is 2.45. The van der Waals surface area contributed by atoms with E-state index in [0.29, 0.717) is 9.92 Å². The molecule has 0 radical (unpaired) electrons. The first-order valence-corrected chi connectivity index (χ1v) is 8.84.